The van der Waals surface area contributed by atoms with Crippen LogP contribution in [0, 0.1) is 0 Å². The highest BCUT2D eigenvalue weighted by atomic mass is 35.5. The quantitative estimate of drug-likeness (QED) is 0.800. The summed E-state index contributed by atoms with van der Waals surface area (Å²) in [7, 11) is 0. The Kier molecular flexibility index (Phi) is 6.58. The van der Waals surface area contributed by atoms with E-state index in [4.69, 9.17) is 11.6 Å². The molecule has 0 aliphatic carbocycles. The first-order valence-corrected chi connectivity index (χ1v) is 6.71. The van der Waals surface area contributed by atoms with E-state index < -0.39 is 12.6 Å². The number of pyridine rings is 1. The molecule has 1 N–H and O–H groups in total. The van der Waals surface area contributed by atoms with Crippen molar-refractivity contribution in [2.75, 3.05) is 6.54 Å². The van der Waals surface area contributed by atoms with Crippen molar-refractivity contribution in [1.82, 2.24) is 10.3 Å². The van der Waals surface area contributed by atoms with Gasteiger partial charge in [-0.2, -0.15) is 13.2 Å². The molecule has 0 aliphatic rings. The number of hydrogen-bond acceptors (Lipinski definition) is 2. The zero-order chi connectivity index (χ0) is 14.3. The lowest BCUT2D eigenvalue weighted by atomic mass is 10.0. The molecule has 0 aromatic carbocycles. The lowest BCUT2D eigenvalue weighted by Gasteiger charge is -2.20. The molecule has 0 radical (unpaired) electrons. The van der Waals surface area contributed by atoms with Crippen LogP contribution >= 0.6 is 11.6 Å². The van der Waals surface area contributed by atoms with E-state index in [9.17, 15) is 13.2 Å². The van der Waals surface area contributed by atoms with Crippen molar-refractivity contribution < 1.29 is 13.2 Å². The van der Waals surface area contributed by atoms with Gasteiger partial charge in [0.2, 0.25) is 0 Å². The lowest BCUT2D eigenvalue weighted by molar-refractivity contribution is -0.135. The van der Waals surface area contributed by atoms with E-state index in [1.54, 1.807) is 12.3 Å². The third kappa shape index (κ3) is 6.25. The Morgan fingerprint density at radius 2 is 2.16 bits per heavy atom. The second-order valence-electron chi connectivity index (χ2n) is 4.41. The fourth-order valence-electron chi connectivity index (χ4n) is 1.86. The molecule has 1 heterocycles. The van der Waals surface area contributed by atoms with Gasteiger partial charge in [-0.05, 0) is 37.4 Å². The van der Waals surface area contributed by atoms with Gasteiger partial charge < -0.3 is 5.32 Å². The Labute approximate surface area is 116 Å². The molecular weight excluding hydrogens is 277 g/mol. The Bertz CT molecular complexity index is 382. The SMILES string of the molecule is CCCNC(CCCC(F)(F)F)c1ccncc1Cl. The van der Waals surface area contributed by atoms with Gasteiger partial charge in [-0.15, -0.1) is 0 Å². The third-order valence-electron chi connectivity index (χ3n) is 2.77. The zero-order valence-electron chi connectivity index (χ0n) is 10.8. The van der Waals surface area contributed by atoms with Gasteiger partial charge >= 0.3 is 6.18 Å². The van der Waals surface area contributed by atoms with Crippen LogP contribution in [0.2, 0.25) is 5.02 Å². The van der Waals surface area contributed by atoms with Crippen molar-refractivity contribution in [2.24, 2.45) is 0 Å². The van der Waals surface area contributed by atoms with Crippen molar-refractivity contribution in [3.8, 4) is 0 Å². The summed E-state index contributed by atoms with van der Waals surface area (Å²) < 4.78 is 36.5. The fourth-order valence-corrected chi connectivity index (χ4v) is 2.11. The first-order valence-electron chi connectivity index (χ1n) is 6.33. The highest BCUT2D eigenvalue weighted by Gasteiger charge is 2.27. The van der Waals surface area contributed by atoms with E-state index in [2.05, 4.69) is 10.3 Å². The topological polar surface area (TPSA) is 24.9 Å². The molecule has 108 valence electrons. The normalized spacial score (nSPS) is 13.5. The minimum absolute atomic E-state index is 0.0868. The Balaban J connectivity index is 2.64. The summed E-state index contributed by atoms with van der Waals surface area (Å²) in [4.78, 5) is 3.89. The molecule has 2 nitrogen and oxygen atoms in total. The molecule has 1 aromatic rings. The molecule has 0 saturated carbocycles. The van der Waals surface area contributed by atoms with Crippen LogP contribution in [0.3, 0.4) is 0 Å². The second kappa shape index (κ2) is 7.70. The van der Waals surface area contributed by atoms with Crippen LogP contribution in [0.25, 0.3) is 0 Å². The summed E-state index contributed by atoms with van der Waals surface area (Å²) >= 11 is 6.04. The van der Waals surface area contributed by atoms with Crippen LogP contribution in [0.5, 0.6) is 0 Å². The molecule has 0 amide bonds. The summed E-state index contributed by atoms with van der Waals surface area (Å²) in [5.74, 6) is 0. The van der Waals surface area contributed by atoms with Crippen molar-refractivity contribution in [3.05, 3.63) is 29.0 Å². The number of aromatic nitrogens is 1. The van der Waals surface area contributed by atoms with E-state index in [-0.39, 0.29) is 12.5 Å². The maximum atomic E-state index is 12.2. The van der Waals surface area contributed by atoms with Crippen LogP contribution < -0.4 is 5.32 Å². The molecule has 0 fully saturated rings. The summed E-state index contributed by atoms with van der Waals surface area (Å²) in [6.07, 6.45) is -0.338. The van der Waals surface area contributed by atoms with E-state index in [0.29, 0.717) is 11.4 Å². The van der Waals surface area contributed by atoms with Gasteiger partial charge in [-0.3, -0.25) is 4.98 Å². The maximum absolute atomic E-state index is 12.2. The minimum Gasteiger partial charge on any atom is -0.310 e. The molecule has 1 unspecified atom stereocenters. The highest BCUT2D eigenvalue weighted by Crippen LogP contribution is 2.29. The van der Waals surface area contributed by atoms with Crippen molar-refractivity contribution in [2.45, 2.75) is 44.8 Å². The molecule has 6 heteroatoms. The average Bonchev–Trinajstić information content (AvgIpc) is 2.33. The van der Waals surface area contributed by atoms with Crippen molar-refractivity contribution >= 4 is 11.6 Å². The number of alkyl halides is 3. The van der Waals surface area contributed by atoms with Gasteiger partial charge in [0.05, 0.1) is 5.02 Å². The van der Waals surface area contributed by atoms with E-state index >= 15 is 0 Å². The Morgan fingerprint density at radius 1 is 1.42 bits per heavy atom. The van der Waals surface area contributed by atoms with Gasteiger partial charge in [-0.1, -0.05) is 18.5 Å². The average molecular weight is 295 g/mol. The Hall–Kier alpha value is -0.810. The molecule has 0 saturated heterocycles. The molecule has 0 bridgehead atoms. The largest absolute Gasteiger partial charge is 0.389 e. The molecule has 1 rings (SSSR count). The number of halogens is 4. The predicted octanol–water partition coefficient (Wildman–Crippen LogP) is 4.51. The summed E-state index contributed by atoms with van der Waals surface area (Å²) in [5, 5.41) is 3.72. The smallest absolute Gasteiger partial charge is 0.310 e. The van der Waals surface area contributed by atoms with E-state index in [1.165, 1.54) is 6.20 Å². The molecular formula is C13H18ClF3N2. The van der Waals surface area contributed by atoms with Crippen molar-refractivity contribution in [1.29, 1.82) is 0 Å². The van der Waals surface area contributed by atoms with Crippen LogP contribution in [-0.4, -0.2) is 17.7 Å². The summed E-state index contributed by atoms with van der Waals surface area (Å²) in [6.45, 7) is 2.75. The zero-order valence-corrected chi connectivity index (χ0v) is 11.6. The molecule has 1 atom stereocenters. The van der Waals surface area contributed by atoms with Crippen LogP contribution in [0.15, 0.2) is 18.5 Å². The Morgan fingerprint density at radius 3 is 2.74 bits per heavy atom. The first kappa shape index (κ1) is 16.2. The van der Waals surface area contributed by atoms with Gasteiger partial charge in [0.15, 0.2) is 0 Å². The number of hydrogen-bond donors (Lipinski definition) is 1. The minimum atomic E-state index is -4.10. The number of rotatable bonds is 7. The van der Waals surface area contributed by atoms with Gasteiger partial charge in [-0.25, -0.2) is 0 Å². The van der Waals surface area contributed by atoms with Crippen LogP contribution in [0.4, 0.5) is 13.2 Å². The second-order valence-corrected chi connectivity index (χ2v) is 4.82. The third-order valence-corrected chi connectivity index (χ3v) is 3.09. The van der Waals surface area contributed by atoms with Gasteiger partial charge in [0.25, 0.3) is 0 Å². The lowest BCUT2D eigenvalue weighted by Crippen LogP contribution is -2.23. The summed E-state index contributed by atoms with van der Waals surface area (Å²) in [6, 6.07) is 1.60. The first-order chi connectivity index (χ1) is 8.94. The highest BCUT2D eigenvalue weighted by molar-refractivity contribution is 6.31. The predicted molar refractivity (Wildman–Crippen MR) is 70.2 cm³/mol. The maximum Gasteiger partial charge on any atom is 0.389 e. The van der Waals surface area contributed by atoms with E-state index in [0.717, 1.165) is 18.5 Å². The standard InChI is InChI=1S/C13H18ClF3N2/c1-2-7-19-12(4-3-6-13(15,16)17)10-5-8-18-9-11(10)14/h5,8-9,12,19H,2-4,6-7H2,1H3. The van der Waals surface area contributed by atoms with Crippen molar-refractivity contribution in [3.63, 3.8) is 0 Å². The molecule has 0 aliphatic heterocycles. The van der Waals surface area contributed by atoms with Crippen LogP contribution in [-0.2, 0) is 0 Å². The molecule has 0 spiro atoms. The summed E-state index contributed by atoms with van der Waals surface area (Å²) in [5.41, 5.74) is 0.812. The molecule has 1 aromatic heterocycles. The van der Waals surface area contributed by atoms with E-state index in [1.807, 2.05) is 6.92 Å². The fraction of sp³-hybridized carbons (Fsp3) is 0.615. The molecule has 19 heavy (non-hydrogen) atoms. The number of nitrogens with zero attached hydrogens (tertiary/aromatic N) is 1. The monoisotopic (exact) mass is 294 g/mol. The van der Waals surface area contributed by atoms with Gasteiger partial charge in [0, 0.05) is 24.9 Å². The van der Waals surface area contributed by atoms with Crippen LogP contribution in [0.1, 0.15) is 44.2 Å². The van der Waals surface area contributed by atoms with Gasteiger partial charge in [0.1, 0.15) is 0 Å². The number of nitrogens with one attached hydrogen (secondary N) is 1.